The minimum absolute atomic E-state index is 0.118. The average molecular weight is 233 g/mol. The molecule has 0 aliphatic rings. The van der Waals surface area contributed by atoms with Gasteiger partial charge in [-0.3, -0.25) is 15.1 Å². The van der Waals surface area contributed by atoms with Crippen molar-refractivity contribution in [3.63, 3.8) is 0 Å². The minimum atomic E-state index is -0.452. The van der Waals surface area contributed by atoms with E-state index in [0.717, 1.165) is 0 Å². The van der Waals surface area contributed by atoms with Crippen LogP contribution >= 0.6 is 0 Å². The molecule has 0 aliphatic heterocycles. The number of nitrogens with zero attached hydrogens (tertiary/aromatic N) is 3. The summed E-state index contributed by atoms with van der Waals surface area (Å²) in [7, 11) is 0. The topological polar surface area (TPSA) is 119 Å². The van der Waals surface area contributed by atoms with E-state index >= 15 is 0 Å². The number of nitrogens with two attached hydrogens (primary N) is 1. The van der Waals surface area contributed by atoms with Crippen LogP contribution in [0.4, 0.5) is 0 Å². The molecule has 0 bridgehead atoms. The maximum atomic E-state index is 11.1. The molecule has 3 N–H and O–H groups in total. The summed E-state index contributed by atoms with van der Waals surface area (Å²) < 4.78 is 5.13. The van der Waals surface area contributed by atoms with Gasteiger partial charge in [0.2, 0.25) is 0 Å². The quantitative estimate of drug-likeness (QED) is 0.313. The predicted octanol–water partition coefficient (Wildman–Crippen LogP) is -0.268. The number of nitrogens with one attached hydrogen (secondary N) is 1. The Bertz CT molecular complexity index is 452. The predicted molar refractivity (Wildman–Crippen MR) is 56.9 cm³/mol. The molecule has 17 heavy (non-hydrogen) atoms. The normalized spacial score (nSPS) is 9.65. The molecule has 0 spiro atoms. The van der Waals surface area contributed by atoms with E-state index in [-0.39, 0.29) is 13.1 Å². The molecular formula is C10H11N5O2. The molecule has 88 valence electrons. The number of nitrogen functional groups attached to an aromatic ring is 1. The Kier molecular flexibility index (Phi) is 4.70. The summed E-state index contributed by atoms with van der Waals surface area (Å²) in [4.78, 5) is 12.7. The van der Waals surface area contributed by atoms with E-state index in [1.54, 1.807) is 4.90 Å². The summed E-state index contributed by atoms with van der Waals surface area (Å²) in [5.41, 5.74) is 2.28. The van der Waals surface area contributed by atoms with Crippen molar-refractivity contribution < 1.29 is 9.21 Å². The molecular weight excluding hydrogens is 222 g/mol. The number of amides is 1. The van der Waals surface area contributed by atoms with Crippen LogP contribution < -0.4 is 11.3 Å². The van der Waals surface area contributed by atoms with Gasteiger partial charge in [0.25, 0.3) is 5.91 Å². The second-order valence-electron chi connectivity index (χ2n) is 3.24. The summed E-state index contributed by atoms with van der Waals surface area (Å²) in [5.74, 6) is 5.02. The number of rotatable bonds is 5. The van der Waals surface area contributed by atoms with E-state index in [0.29, 0.717) is 17.9 Å². The molecule has 1 aromatic heterocycles. The second-order valence-corrected chi connectivity index (χ2v) is 3.24. The third-order valence-corrected chi connectivity index (χ3v) is 2.02. The zero-order valence-electron chi connectivity index (χ0n) is 9.01. The first-order valence-electron chi connectivity index (χ1n) is 4.76. The fraction of sp³-hybridized carbons (Fsp3) is 0.300. The van der Waals surface area contributed by atoms with E-state index in [1.807, 2.05) is 17.6 Å². The van der Waals surface area contributed by atoms with E-state index in [2.05, 4.69) is 0 Å². The smallest absolute Gasteiger partial charge is 0.268 e. The van der Waals surface area contributed by atoms with Gasteiger partial charge in [0, 0.05) is 0 Å². The molecule has 1 heterocycles. The lowest BCUT2D eigenvalue weighted by Crippen LogP contribution is -2.29. The largest absolute Gasteiger partial charge is 0.467 e. The Morgan fingerprint density at radius 1 is 1.47 bits per heavy atom. The first kappa shape index (κ1) is 12.7. The van der Waals surface area contributed by atoms with Crippen LogP contribution in [0.25, 0.3) is 0 Å². The molecule has 7 nitrogen and oxygen atoms in total. The van der Waals surface area contributed by atoms with Crippen LogP contribution in [0.3, 0.4) is 0 Å². The van der Waals surface area contributed by atoms with Crippen LogP contribution in [0.2, 0.25) is 0 Å². The third kappa shape index (κ3) is 3.61. The zero-order chi connectivity index (χ0) is 12.7. The van der Waals surface area contributed by atoms with Gasteiger partial charge in [-0.15, -0.1) is 0 Å². The van der Waals surface area contributed by atoms with Crippen LogP contribution in [0.5, 0.6) is 0 Å². The zero-order valence-corrected chi connectivity index (χ0v) is 9.01. The van der Waals surface area contributed by atoms with Gasteiger partial charge in [0.05, 0.1) is 37.3 Å². The summed E-state index contributed by atoms with van der Waals surface area (Å²) >= 11 is 0. The molecule has 1 amide bonds. The number of carbonyl (C=O) groups excluding carboxylic acids is 1. The van der Waals surface area contributed by atoms with Crippen molar-refractivity contribution in [1.29, 1.82) is 10.5 Å². The van der Waals surface area contributed by atoms with Crippen molar-refractivity contribution >= 4 is 5.91 Å². The van der Waals surface area contributed by atoms with Crippen LogP contribution in [0.15, 0.2) is 16.7 Å². The van der Waals surface area contributed by atoms with Gasteiger partial charge < -0.3 is 4.42 Å². The molecule has 0 aliphatic carbocycles. The molecule has 0 atom stereocenters. The third-order valence-electron chi connectivity index (χ3n) is 2.02. The molecule has 7 heteroatoms. The van der Waals surface area contributed by atoms with E-state index in [9.17, 15) is 4.79 Å². The Balaban J connectivity index is 2.68. The Hall–Kier alpha value is -2.35. The molecule has 0 saturated heterocycles. The SMILES string of the molecule is N#CCN(CC#N)Cc1cc(C(=O)NN)co1. The van der Waals surface area contributed by atoms with Crippen molar-refractivity contribution in [2.45, 2.75) is 6.54 Å². The first-order valence-corrected chi connectivity index (χ1v) is 4.76. The molecule has 1 rings (SSSR count). The van der Waals surface area contributed by atoms with Gasteiger partial charge in [0.1, 0.15) is 12.0 Å². The van der Waals surface area contributed by atoms with Gasteiger partial charge in [0.15, 0.2) is 0 Å². The first-order chi connectivity index (χ1) is 8.21. The Morgan fingerprint density at radius 3 is 2.65 bits per heavy atom. The van der Waals surface area contributed by atoms with E-state index in [4.69, 9.17) is 20.8 Å². The summed E-state index contributed by atoms with van der Waals surface area (Å²) in [6, 6.07) is 5.41. The fourth-order valence-electron chi connectivity index (χ4n) is 1.25. The lowest BCUT2D eigenvalue weighted by atomic mass is 10.3. The lowest BCUT2D eigenvalue weighted by molar-refractivity contribution is 0.0953. The van der Waals surface area contributed by atoms with Crippen LogP contribution in [-0.4, -0.2) is 23.9 Å². The highest BCUT2D eigenvalue weighted by molar-refractivity contribution is 5.93. The summed E-state index contributed by atoms with van der Waals surface area (Å²) in [6.07, 6.45) is 1.27. The highest BCUT2D eigenvalue weighted by atomic mass is 16.3. The second kappa shape index (κ2) is 6.28. The molecule has 0 radical (unpaired) electrons. The molecule has 0 fully saturated rings. The monoisotopic (exact) mass is 233 g/mol. The number of hydrazine groups is 1. The van der Waals surface area contributed by atoms with Crippen molar-refractivity contribution in [2.24, 2.45) is 5.84 Å². The van der Waals surface area contributed by atoms with E-state index in [1.165, 1.54) is 12.3 Å². The van der Waals surface area contributed by atoms with Crippen LogP contribution in [0.1, 0.15) is 16.1 Å². The number of carbonyl (C=O) groups is 1. The number of furan rings is 1. The number of nitriles is 2. The fourth-order valence-corrected chi connectivity index (χ4v) is 1.25. The van der Waals surface area contributed by atoms with Gasteiger partial charge >= 0.3 is 0 Å². The highest BCUT2D eigenvalue weighted by Crippen LogP contribution is 2.10. The number of hydrogen-bond acceptors (Lipinski definition) is 6. The minimum Gasteiger partial charge on any atom is -0.467 e. The standard InChI is InChI=1S/C10H11N5O2/c11-1-3-15(4-2-12)6-9-5-8(7-17-9)10(16)14-13/h5,7H,3-4,6,13H2,(H,14,16). The molecule has 0 unspecified atom stereocenters. The van der Waals surface area contributed by atoms with E-state index < -0.39 is 5.91 Å². The maximum absolute atomic E-state index is 11.1. The van der Waals surface area contributed by atoms with Crippen LogP contribution in [0, 0.1) is 22.7 Å². The summed E-state index contributed by atoms with van der Waals surface area (Å²) in [6.45, 7) is 0.526. The lowest BCUT2D eigenvalue weighted by Gasteiger charge is -2.12. The van der Waals surface area contributed by atoms with Gasteiger partial charge in [-0.25, -0.2) is 5.84 Å². The molecule has 0 saturated carbocycles. The van der Waals surface area contributed by atoms with Gasteiger partial charge in [-0.05, 0) is 6.07 Å². The average Bonchev–Trinajstić information content (AvgIpc) is 2.77. The van der Waals surface area contributed by atoms with Gasteiger partial charge in [-0.1, -0.05) is 0 Å². The number of hydrogen-bond donors (Lipinski definition) is 2. The summed E-state index contributed by atoms with van der Waals surface area (Å²) in [5, 5.41) is 17.1. The van der Waals surface area contributed by atoms with Crippen molar-refractivity contribution in [2.75, 3.05) is 13.1 Å². The molecule has 0 aromatic carbocycles. The Morgan fingerprint density at radius 2 is 2.12 bits per heavy atom. The van der Waals surface area contributed by atoms with Gasteiger partial charge in [-0.2, -0.15) is 10.5 Å². The van der Waals surface area contributed by atoms with Crippen molar-refractivity contribution in [1.82, 2.24) is 10.3 Å². The maximum Gasteiger partial charge on any atom is 0.268 e. The van der Waals surface area contributed by atoms with Crippen molar-refractivity contribution in [3.05, 3.63) is 23.7 Å². The highest BCUT2D eigenvalue weighted by Gasteiger charge is 2.11. The Labute approximate surface area is 98.0 Å². The van der Waals surface area contributed by atoms with Crippen molar-refractivity contribution in [3.8, 4) is 12.1 Å². The molecule has 1 aromatic rings. The van der Waals surface area contributed by atoms with Crippen LogP contribution in [-0.2, 0) is 6.54 Å².